The Bertz CT molecular complexity index is 909. The first-order valence-corrected chi connectivity index (χ1v) is 8.65. The molecular weight excluding hydrogens is 330 g/mol. The van der Waals surface area contributed by atoms with Crippen LogP contribution >= 0.6 is 0 Å². The van der Waals surface area contributed by atoms with E-state index in [0.717, 1.165) is 36.3 Å². The van der Waals surface area contributed by atoms with Crippen molar-refractivity contribution in [2.24, 2.45) is 0 Å². The van der Waals surface area contributed by atoms with Crippen LogP contribution in [0.5, 0.6) is 0 Å². The Morgan fingerprint density at radius 2 is 2.12 bits per heavy atom. The van der Waals surface area contributed by atoms with E-state index in [1.54, 1.807) is 37.1 Å². The van der Waals surface area contributed by atoms with Crippen molar-refractivity contribution in [3.8, 4) is 11.3 Å². The summed E-state index contributed by atoms with van der Waals surface area (Å²) in [6.45, 7) is 3.25. The molecule has 7 nitrogen and oxygen atoms in total. The molecule has 1 fully saturated rings. The molecule has 3 aromatic heterocycles. The zero-order chi connectivity index (χ0) is 17.9. The highest BCUT2D eigenvalue weighted by Gasteiger charge is 2.28. The zero-order valence-corrected chi connectivity index (χ0v) is 14.5. The summed E-state index contributed by atoms with van der Waals surface area (Å²) in [6.07, 6.45) is 8.49. The van der Waals surface area contributed by atoms with Crippen LogP contribution in [0.4, 0.5) is 0 Å². The van der Waals surface area contributed by atoms with Crippen molar-refractivity contribution in [1.29, 1.82) is 0 Å². The summed E-state index contributed by atoms with van der Waals surface area (Å²) in [5.41, 5.74) is 3.22. The van der Waals surface area contributed by atoms with E-state index in [4.69, 9.17) is 4.52 Å². The van der Waals surface area contributed by atoms with Crippen molar-refractivity contribution in [2.45, 2.75) is 25.7 Å². The summed E-state index contributed by atoms with van der Waals surface area (Å²) in [5, 5.41) is 3.96. The summed E-state index contributed by atoms with van der Waals surface area (Å²) in [5.74, 6) is 0.830. The van der Waals surface area contributed by atoms with Crippen molar-refractivity contribution in [2.75, 3.05) is 13.1 Å². The van der Waals surface area contributed by atoms with E-state index in [9.17, 15) is 4.79 Å². The number of hydrogen-bond acceptors (Lipinski definition) is 6. The van der Waals surface area contributed by atoms with Gasteiger partial charge in [-0.15, -0.1) is 0 Å². The number of hydrogen-bond donors (Lipinski definition) is 0. The molecule has 7 heteroatoms. The minimum atomic E-state index is 0.0308. The molecule has 0 unspecified atom stereocenters. The molecule has 0 saturated carbocycles. The topological polar surface area (TPSA) is 85.0 Å². The first-order chi connectivity index (χ1) is 12.7. The first-order valence-electron chi connectivity index (χ1n) is 8.65. The predicted octanol–water partition coefficient (Wildman–Crippen LogP) is 2.85. The van der Waals surface area contributed by atoms with Crippen LogP contribution in [-0.4, -0.2) is 44.0 Å². The maximum absolute atomic E-state index is 12.8. The summed E-state index contributed by atoms with van der Waals surface area (Å²) in [7, 11) is 0. The van der Waals surface area contributed by atoms with Crippen molar-refractivity contribution in [1.82, 2.24) is 25.0 Å². The molecule has 4 heterocycles. The van der Waals surface area contributed by atoms with E-state index >= 15 is 0 Å². The van der Waals surface area contributed by atoms with Crippen LogP contribution in [0.2, 0.25) is 0 Å². The first kappa shape index (κ1) is 16.4. The number of carbonyl (C=O) groups excluding carboxylic acids is 1. The standard InChI is InChI=1S/C19H19N5O2/c1-13-9-17(26-23-13)16-10-21-12-22-18(16)15-3-2-8-24(11-15)19(25)14-4-6-20-7-5-14/h4-7,9-10,12,15H,2-3,8,11H2,1H3/t15-/m1/s1. The third-order valence-electron chi connectivity index (χ3n) is 4.66. The third-order valence-corrected chi connectivity index (χ3v) is 4.66. The van der Waals surface area contributed by atoms with Crippen molar-refractivity contribution >= 4 is 5.91 Å². The van der Waals surface area contributed by atoms with Crippen molar-refractivity contribution < 1.29 is 9.32 Å². The molecule has 1 atom stereocenters. The van der Waals surface area contributed by atoms with Crippen LogP contribution in [0.15, 0.2) is 47.6 Å². The van der Waals surface area contributed by atoms with Crippen LogP contribution in [0.25, 0.3) is 11.3 Å². The van der Waals surface area contributed by atoms with E-state index in [2.05, 4.69) is 20.1 Å². The molecule has 3 aromatic rings. The number of rotatable bonds is 3. The summed E-state index contributed by atoms with van der Waals surface area (Å²) in [6, 6.07) is 5.38. The van der Waals surface area contributed by atoms with Gasteiger partial charge in [0.15, 0.2) is 5.76 Å². The van der Waals surface area contributed by atoms with Gasteiger partial charge in [-0.3, -0.25) is 9.78 Å². The lowest BCUT2D eigenvalue weighted by atomic mass is 9.91. The van der Waals surface area contributed by atoms with Gasteiger partial charge in [0.2, 0.25) is 0 Å². The Balaban J connectivity index is 1.60. The molecular formula is C19H19N5O2. The average molecular weight is 349 g/mol. The fraction of sp³-hybridized carbons (Fsp3) is 0.316. The molecule has 1 aliphatic heterocycles. The largest absolute Gasteiger partial charge is 0.356 e. The van der Waals surface area contributed by atoms with Gasteiger partial charge >= 0.3 is 0 Å². The van der Waals surface area contributed by atoms with E-state index in [-0.39, 0.29) is 11.8 Å². The molecule has 1 amide bonds. The Kier molecular flexibility index (Phi) is 4.43. The Hall–Kier alpha value is -3.09. The van der Waals surface area contributed by atoms with Gasteiger partial charge in [0.1, 0.15) is 6.33 Å². The van der Waals surface area contributed by atoms with Crippen LogP contribution in [0, 0.1) is 6.92 Å². The Morgan fingerprint density at radius 1 is 1.27 bits per heavy atom. The fourth-order valence-corrected chi connectivity index (χ4v) is 3.41. The minimum Gasteiger partial charge on any atom is -0.356 e. The normalized spacial score (nSPS) is 17.3. The molecule has 26 heavy (non-hydrogen) atoms. The van der Waals surface area contributed by atoms with Crippen molar-refractivity contribution in [3.63, 3.8) is 0 Å². The lowest BCUT2D eigenvalue weighted by Crippen LogP contribution is -2.39. The highest BCUT2D eigenvalue weighted by Crippen LogP contribution is 2.33. The number of nitrogens with zero attached hydrogens (tertiary/aromatic N) is 5. The van der Waals surface area contributed by atoms with Gasteiger partial charge < -0.3 is 9.42 Å². The number of carbonyl (C=O) groups is 1. The van der Waals surface area contributed by atoms with Crippen LogP contribution in [-0.2, 0) is 0 Å². The van der Waals surface area contributed by atoms with Gasteiger partial charge in [0, 0.05) is 49.2 Å². The molecule has 1 aliphatic rings. The molecule has 132 valence electrons. The Morgan fingerprint density at radius 3 is 2.88 bits per heavy atom. The second-order valence-corrected chi connectivity index (χ2v) is 6.48. The maximum atomic E-state index is 12.8. The zero-order valence-electron chi connectivity index (χ0n) is 14.5. The molecule has 4 rings (SSSR count). The van der Waals surface area contributed by atoms with Gasteiger partial charge in [0.05, 0.1) is 17.0 Å². The van der Waals surface area contributed by atoms with Gasteiger partial charge in [-0.25, -0.2) is 9.97 Å². The van der Waals surface area contributed by atoms with E-state index in [0.29, 0.717) is 17.9 Å². The second-order valence-electron chi connectivity index (χ2n) is 6.48. The second kappa shape index (κ2) is 7.03. The quantitative estimate of drug-likeness (QED) is 0.723. The van der Waals surface area contributed by atoms with E-state index in [1.165, 1.54) is 0 Å². The van der Waals surface area contributed by atoms with Gasteiger partial charge in [0.25, 0.3) is 5.91 Å². The number of amides is 1. The van der Waals surface area contributed by atoms with Gasteiger partial charge in [-0.05, 0) is 31.9 Å². The van der Waals surface area contributed by atoms with Crippen LogP contribution in [0.1, 0.15) is 40.5 Å². The predicted molar refractivity (Wildman–Crippen MR) is 94.4 cm³/mol. The van der Waals surface area contributed by atoms with Gasteiger partial charge in [-0.1, -0.05) is 5.16 Å². The molecule has 0 N–H and O–H groups in total. The highest BCUT2D eigenvalue weighted by atomic mass is 16.5. The highest BCUT2D eigenvalue weighted by molar-refractivity contribution is 5.94. The van der Waals surface area contributed by atoms with E-state index in [1.807, 2.05) is 17.9 Å². The maximum Gasteiger partial charge on any atom is 0.253 e. The molecule has 0 radical (unpaired) electrons. The number of piperidine rings is 1. The molecule has 0 aromatic carbocycles. The smallest absolute Gasteiger partial charge is 0.253 e. The molecule has 0 aliphatic carbocycles. The lowest BCUT2D eigenvalue weighted by Gasteiger charge is -2.33. The summed E-state index contributed by atoms with van der Waals surface area (Å²) in [4.78, 5) is 27.3. The molecule has 0 spiro atoms. The summed E-state index contributed by atoms with van der Waals surface area (Å²) >= 11 is 0. The average Bonchev–Trinajstić information content (AvgIpc) is 3.14. The fourth-order valence-electron chi connectivity index (χ4n) is 3.41. The third kappa shape index (κ3) is 3.20. The number of likely N-dealkylation sites (tertiary alicyclic amines) is 1. The van der Waals surface area contributed by atoms with Crippen molar-refractivity contribution in [3.05, 3.63) is 60.1 Å². The Labute approximate surface area is 151 Å². The molecule has 1 saturated heterocycles. The lowest BCUT2D eigenvalue weighted by molar-refractivity contribution is 0.0706. The minimum absolute atomic E-state index is 0.0308. The number of pyridine rings is 1. The number of aromatic nitrogens is 4. The van der Waals surface area contributed by atoms with Crippen LogP contribution < -0.4 is 0 Å². The van der Waals surface area contributed by atoms with Crippen LogP contribution in [0.3, 0.4) is 0 Å². The number of aryl methyl sites for hydroxylation is 1. The SMILES string of the molecule is Cc1cc(-c2cncnc2[C@@H]2CCCN(C(=O)c3ccncc3)C2)on1. The molecule has 0 bridgehead atoms. The summed E-state index contributed by atoms with van der Waals surface area (Å²) < 4.78 is 5.41. The van der Waals surface area contributed by atoms with Gasteiger partial charge in [-0.2, -0.15) is 0 Å². The van der Waals surface area contributed by atoms with E-state index < -0.39 is 0 Å². The monoisotopic (exact) mass is 349 g/mol.